The van der Waals surface area contributed by atoms with Crippen molar-refractivity contribution < 1.29 is 9.53 Å². The molecule has 2 saturated heterocycles. The third-order valence-electron chi connectivity index (χ3n) is 8.28. The third-order valence-corrected chi connectivity index (χ3v) is 9.78. The van der Waals surface area contributed by atoms with Crippen LogP contribution < -0.4 is 0 Å². The molecule has 7 heteroatoms. The number of rotatable bonds is 7. The van der Waals surface area contributed by atoms with E-state index >= 15 is 0 Å². The van der Waals surface area contributed by atoms with Crippen LogP contribution >= 0.6 is 23.2 Å². The van der Waals surface area contributed by atoms with Gasteiger partial charge in [-0.1, -0.05) is 86.4 Å². The molecule has 3 heterocycles. The summed E-state index contributed by atoms with van der Waals surface area (Å²) >= 11 is 13.6. The van der Waals surface area contributed by atoms with Gasteiger partial charge in [0, 0.05) is 33.9 Å². The van der Waals surface area contributed by atoms with Crippen LogP contribution in [0.15, 0.2) is 66.9 Å². The Labute approximate surface area is 245 Å². The Kier molecular flexibility index (Phi) is 8.32. The lowest BCUT2D eigenvalue weighted by Crippen LogP contribution is -2.52. The van der Waals surface area contributed by atoms with Gasteiger partial charge < -0.3 is 9.53 Å². The third kappa shape index (κ3) is 5.72. The molecule has 39 heavy (non-hydrogen) atoms. The standard InChI is InChI=1S/C32H40Cl2N2O2Si/c1-31(2,3)30(38-39(4)5)25-13-10-18-35-29(25)32(37)19-21-16-17-22(20-32)36(21)28(23-11-6-8-14-26(23)33)24-12-7-9-15-27(24)34/h6-15,18,21-22,28,30,37,39H,16-17,19-20H2,1-5H3. The smallest absolute Gasteiger partial charge is 0.171 e. The fourth-order valence-corrected chi connectivity index (χ4v) is 8.37. The highest BCUT2D eigenvalue weighted by atomic mass is 35.5. The van der Waals surface area contributed by atoms with Gasteiger partial charge in [-0.25, -0.2) is 0 Å². The molecular weight excluding hydrogens is 543 g/mol. The van der Waals surface area contributed by atoms with Crippen LogP contribution in [0.25, 0.3) is 0 Å². The molecule has 1 N–H and O–H groups in total. The van der Waals surface area contributed by atoms with Crippen LogP contribution in [-0.4, -0.2) is 36.1 Å². The molecular formula is C32H40Cl2N2O2Si. The van der Waals surface area contributed by atoms with Gasteiger partial charge in [0.2, 0.25) is 0 Å². The zero-order chi connectivity index (χ0) is 27.9. The van der Waals surface area contributed by atoms with Crippen LogP contribution in [-0.2, 0) is 10.0 Å². The lowest BCUT2D eigenvalue weighted by molar-refractivity contribution is -0.0707. The molecule has 2 aromatic carbocycles. The Morgan fingerprint density at radius 3 is 1.90 bits per heavy atom. The molecule has 2 bridgehead atoms. The summed E-state index contributed by atoms with van der Waals surface area (Å²) in [5, 5.41) is 13.9. The van der Waals surface area contributed by atoms with E-state index in [1.807, 2.05) is 48.7 Å². The van der Waals surface area contributed by atoms with E-state index in [-0.39, 0.29) is 29.6 Å². The van der Waals surface area contributed by atoms with E-state index < -0.39 is 14.6 Å². The van der Waals surface area contributed by atoms with E-state index in [4.69, 9.17) is 32.6 Å². The molecule has 2 aliphatic heterocycles. The number of hydrogen-bond acceptors (Lipinski definition) is 4. The highest BCUT2D eigenvalue weighted by Gasteiger charge is 2.53. The van der Waals surface area contributed by atoms with E-state index in [0.29, 0.717) is 12.8 Å². The summed E-state index contributed by atoms with van der Waals surface area (Å²) in [6.45, 7) is 11.0. The molecule has 3 unspecified atom stereocenters. The van der Waals surface area contributed by atoms with Crippen molar-refractivity contribution in [3.63, 3.8) is 0 Å². The van der Waals surface area contributed by atoms with Crippen LogP contribution in [0.1, 0.15) is 81.0 Å². The second-order valence-corrected chi connectivity index (χ2v) is 15.8. The van der Waals surface area contributed by atoms with Crippen molar-refractivity contribution in [3.05, 3.63) is 99.3 Å². The van der Waals surface area contributed by atoms with Crippen molar-refractivity contribution >= 4 is 32.2 Å². The minimum atomic E-state index is -1.34. The lowest BCUT2D eigenvalue weighted by atomic mass is 9.76. The molecule has 2 fully saturated rings. The van der Waals surface area contributed by atoms with E-state index in [1.54, 1.807) is 0 Å². The Morgan fingerprint density at radius 2 is 1.41 bits per heavy atom. The van der Waals surface area contributed by atoms with E-state index in [9.17, 15) is 5.11 Å². The van der Waals surface area contributed by atoms with Gasteiger partial charge in [-0.3, -0.25) is 9.88 Å². The van der Waals surface area contributed by atoms with Gasteiger partial charge >= 0.3 is 0 Å². The molecule has 0 saturated carbocycles. The summed E-state index contributed by atoms with van der Waals surface area (Å²) < 4.78 is 6.60. The number of aliphatic hydroxyl groups is 1. The van der Waals surface area contributed by atoms with Crippen molar-refractivity contribution in [1.82, 2.24) is 9.88 Å². The van der Waals surface area contributed by atoms with Gasteiger partial charge in [0.15, 0.2) is 9.04 Å². The first kappa shape index (κ1) is 28.8. The number of fused-ring (bicyclic) bond motifs is 2. The van der Waals surface area contributed by atoms with Crippen LogP contribution in [0.2, 0.25) is 23.1 Å². The van der Waals surface area contributed by atoms with Crippen molar-refractivity contribution in [2.45, 2.75) is 89.4 Å². The van der Waals surface area contributed by atoms with Gasteiger partial charge in [0.05, 0.1) is 17.8 Å². The SMILES string of the molecule is C[SiH](C)OC(c1cccnc1C1(O)CC2CCC(C1)N2C(c1ccccc1Cl)c1ccccc1Cl)C(C)(C)C. The van der Waals surface area contributed by atoms with Gasteiger partial charge in [-0.2, -0.15) is 0 Å². The maximum atomic E-state index is 12.4. The van der Waals surface area contributed by atoms with Gasteiger partial charge in [-0.15, -0.1) is 0 Å². The van der Waals surface area contributed by atoms with Crippen molar-refractivity contribution in [1.29, 1.82) is 0 Å². The highest BCUT2D eigenvalue weighted by Crippen LogP contribution is 2.53. The Bertz CT molecular complexity index is 1250. The Balaban J connectivity index is 1.55. The Morgan fingerprint density at radius 1 is 0.897 bits per heavy atom. The summed E-state index contributed by atoms with van der Waals surface area (Å²) in [4.78, 5) is 7.42. The largest absolute Gasteiger partial charge is 0.413 e. The Hall–Kier alpha value is -1.73. The summed E-state index contributed by atoms with van der Waals surface area (Å²) in [7, 11) is -1.34. The normalized spacial score (nSPS) is 24.5. The first-order valence-electron chi connectivity index (χ1n) is 14.1. The summed E-state index contributed by atoms with van der Waals surface area (Å²) in [5.74, 6) is 0. The fraction of sp³-hybridized carbons (Fsp3) is 0.469. The van der Waals surface area contributed by atoms with Crippen LogP contribution in [0.5, 0.6) is 0 Å². The van der Waals surface area contributed by atoms with Crippen molar-refractivity contribution in [2.75, 3.05) is 0 Å². The zero-order valence-electron chi connectivity index (χ0n) is 23.6. The number of aromatic nitrogens is 1. The van der Waals surface area contributed by atoms with Gasteiger partial charge in [0.1, 0.15) is 5.60 Å². The number of pyridine rings is 1. The second kappa shape index (κ2) is 11.3. The van der Waals surface area contributed by atoms with E-state index in [2.05, 4.69) is 57.0 Å². The maximum Gasteiger partial charge on any atom is 0.171 e. The van der Waals surface area contributed by atoms with Crippen LogP contribution in [0.4, 0.5) is 0 Å². The van der Waals surface area contributed by atoms with E-state index in [0.717, 1.165) is 45.3 Å². The summed E-state index contributed by atoms with van der Waals surface area (Å²) in [5.41, 5.74) is 2.76. The summed E-state index contributed by atoms with van der Waals surface area (Å²) in [6.07, 6.45) is 4.93. The molecule has 0 amide bonds. The number of piperidine rings is 1. The molecule has 0 aliphatic carbocycles. The first-order chi connectivity index (χ1) is 18.5. The predicted molar refractivity (Wildman–Crippen MR) is 163 cm³/mol. The van der Waals surface area contributed by atoms with Crippen molar-refractivity contribution in [2.24, 2.45) is 5.41 Å². The molecule has 0 spiro atoms. The molecule has 0 radical (unpaired) electrons. The molecule has 3 aromatic rings. The molecule has 3 atom stereocenters. The average molecular weight is 584 g/mol. The number of benzene rings is 2. The van der Waals surface area contributed by atoms with Gasteiger partial charge in [0.25, 0.3) is 0 Å². The highest BCUT2D eigenvalue weighted by molar-refractivity contribution is 6.48. The number of nitrogens with zero attached hydrogens (tertiary/aromatic N) is 2. The first-order valence-corrected chi connectivity index (χ1v) is 17.6. The number of hydrogen-bond donors (Lipinski definition) is 1. The minimum absolute atomic E-state index is 0.0877. The van der Waals surface area contributed by atoms with Crippen LogP contribution in [0.3, 0.4) is 0 Å². The fourth-order valence-electron chi connectivity index (χ4n) is 6.79. The van der Waals surface area contributed by atoms with Gasteiger partial charge in [-0.05, 0) is 73.5 Å². The monoisotopic (exact) mass is 582 g/mol. The molecule has 5 rings (SSSR count). The predicted octanol–water partition coefficient (Wildman–Crippen LogP) is 8.08. The molecule has 2 aliphatic rings. The maximum absolute atomic E-state index is 12.4. The summed E-state index contributed by atoms with van der Waals surface area (Å²) in [6, 6.07) is 20.4. The van der Waals surface area contributed by atoms with E-state index in [1.165, 1.54) is 0 Å². The average Bonchev–Trinajstić information content (AvgIpc) is 3.14. The second-order valence-electron chi connectivity index (χ2n) is 12.6. The molecule has 1 aromatic heterocycles. The molecule has 208 valence electrons. The molecule has 4 nitrogen and oxygen atoms in total. The minimum Gasteiger partial charge on any atom is -0.413 e. The quantitative estimate of drug-likeness (QED) is 0.286. The number of halogens is 2. The van der Waals surface area contributed by atoms with Crippen LogP contribution in [0, 0.1) is 5.41 Å². The zero-order valence-corrected chi connectivity index (χ0v) is 26.2. The van der Waals surface area contributed by atoms with Crippen molar-refractivity contribution in [3.8, 4) is 0 Å². The topological polar surface area (TPSA) is 45.6 Å². The lowest BCUT2D eigenvalue weighted by Gasteiger charge is -2.48.